The summed E-state index contributed by atoms with van der Waals surface area (Å²) >= 11 is 0. The highest BCUT2D eigenvalue weighted by Crippen LogP contribution is 2.29. The molecule has 3 heteroatoms. The van der Waals surface area contributed by atoms with Crippen molar-refractivity contribution in [1.82, 2.24) is 0 Å². The van der Waals surface area contributed by atoms with Gasteiger partial charge in [0, 0.05) is 16.9 Å². The molecule has 0 N–H and O–H groups in total. The summed E-state index contributed by atoms with van der Waals surface area (Å²) in [5.74, 6) is 0. The zero-order chi connectivity index (χ0) is 8.86. The van der Waals surface area contributed by atoms with E-state index in [0.29, 0.717) is 6.54 Å². The molecular formula is C9H11N3. The van der Waals surface area contributed by atoms with Gasteiger partial charge in [0.1, 0.15) is 0 Å². The van der Waals surface area contributed by atoms with Crippen LogP contribution in [-0.2, 0) is 0 Å². The highest BCUT2D eigenvalue weighted by atomic mass is 15.1. The number of allylic oxidation sites excluding steroid dienone is 3. The Morgan fingerprint density at radius 2 is 2.50 bits per heavy atom. The molecule has 0 fully saturated rings. The van der Waals surface area contributed by atoms with Crippen LogP contribution in [0.15, 0.2) is 42.1 Å². The van der Waals surface area contributed by atoms with Crippen molar-refractivity contribution in [2.24, 2.45) is 10.5 Å². The lowest BCUT2D eigenvalue weighted by Gasteiger charge is -2.24. The third kappa shape index (κ3) is 1.77. The van der Waals surface area contributed by atoms with Crippen molar-refractivity contribution < 1.29 is 0 Å². The first kappa shape index (κ1) is 8.62. The van der Waals surface area contributed by atoms with E-state index >= 15 is 0 Å². The van der Waals surface area contributed by atoms with Crippen molar-refractivity contribution in [3.05, 3.63) is 47.4 Å². The normalized spacial score (nSPS) is 26.3. The van der Waals surface area contributed by atoms with E-state index in [1.165, 1.54) is 0 Å². The minimum atomic E-state index is -0.152. The highest BCUT2D eigenvalue weighted by molar-refractivity contribution is 5.22. The van der Waals surface area contributed by atoms with Gasteiger partial charge in [0.05, 0.1) is 0 Å². The zero-order valence-corrected chi connectivity index (χ0v) is 6.85. The standard InChI is InChI=1S/C9H11N3/c1-2-9(8-11-12-10)6-4-3-5-7-9/h2-6H,1,7-8H2. The van der Waals surface area contributed by atoms with Crippen LogP contribution in [0.2, 0.25) is 0 Å². The van der Waals surface area contributed by atoms with Crippen molar-refractivity contribution in [2.45, 2.75) is 6.42 Å². The summed E-state index contributed by atoms with van der Waals surface area (Å²) < 4.78 is 0. The molecule has 0 aromatic heterocycles. The molecular weight excluding hydrogens is 150 g/mol. The highest BCUT2D eigenvalue weighted by Gasteiger charge is 2.21. The molecule has 0 saturated heterocycles. The molecule has 0 heterocycles. The molecule has 1 aliphatic rings. The van der Waals surface area contributed by atoms with E-state index in [9.17, 15) is 0 Å². The van der Waals surface area contributed by atoms with Crippen molar-refractivity contribution in [1.29, 1.82) is 0 Å². The fourth-order valence-corrected chi connectivity index (χ4v) is 1.18. The fourth-order valence-electron chi connectivity index (χ4n) is 1.18. The average Bonchev–Trinajstić information content (AvgIpc) is 2.16. The molecule has 1 rings (SSSR count). The average molecular weight is 161 g/mol. The lowest BCUT2D eigenvalue weighted by atomic mass is 9.82. The second-order valence-corrected chi connectivity index (χ2v) is 2.82. The lowest BCUT2D eigenvalue weighted by molar-refractivity contribution is 0.509. The van der Waals surface area contributed by atoms with Gasteiger partial charge in [0.2, 0.25) is 0 Å². The van der Waals surface area contributed by atoms with Gasteiger partial charge in [-0.2, -0.15) is 0 Å². The summed E-state index contributed by atoms with van der Waals surface area (Å²) in [6.07, 6.45) is 10.7. The molecule has 0 aromatic carbocycles. The van der Waals surface area contributed by atoms with Crippen LogP contribution in [0.3, 0.4) is 0 Å². The molecule has 0 amide bonds. The Balaban J connectivity index is 2.75. The second-order valence-electron chi connectivity index (χ2n) is 2.82. The third-order valence-electron chi connectivity index (χ3n) is 2.01. The first-order chi connectivity index (χ1) is 5.83. The first-order valence-corrected chi connectivity index (χ1v) is 3.82. The van der Waals surface area contributed by atoms with Crippen LogP contribution < -0.4 is 0 Å². The molecule has 1 atom stereocenters. The van der Waals surface area contributed by atoms with Crippen molar-refractivity contribution >= 4 is 0 Å². The van der Waals surface area contributed by atoms with Gasteiger partial charge in [0.25, 0.3) is 0 Å². The van der Waals surface area contributed by atoms with Gasteiger partial charge >= 0.3 is 0 Å². The molecule has 0 saturated carbocycles. The topological polar surface area (TPSA) is 48.8 Å². The van der Waals surface area contributed by atoms with E-state index in [2.05, 4.69) is 22.7 Å². The molecule has 0 radical (unpaired) electrons. The maximum atomic E-state index is 8.19. The summed E-state index contributed by atoms with van der Waals surface area (Å²) in [6, 6.07) is 0. The molecule has 12 heavy (non-hydrogen) atoms. The predicted octanol–water partition coefficient (Wildman–Crippen LogP) is 2.99. The first-order valence-electron chi connectivity index (χ1n) is 3.82. The number of nitrogens with zero attached hydrogens (tertiary/aromatic N) is 3. The van der Waals surface area contributed by atoms with Crippen molar-refractivity contribution in [2.75, 3.05) is 6.54 Å². The predicted molar refractivity (Wildman–Crippen MR) is 49.5 cm³/mol. The lowest BCUT2D eigenvalue weighted by Crippen LogP contribution is -2.18. The van der Waals surface area contributed by atoms with Gasteiger partial charge in [-0.1, -0.05) is 35.5 Å². The molecule has 1 unspecified atom stereocenters. The minimum Gasteiger partial charge on any atom is -0.102 e. The van der Waals surface area contributed by atoms with Crippen molar-refractivity contribution in [3.8, 4) is 0 Å². The third-order valence-corrected chi connectivity index (χ3v) is 2.01. The van der Waals surface area contributed by atoms with E-state index in [1.807, 2.05) is 24.3 Å². The number of hydrogen-bond acceptors (Lipinski definition) is 1. The summed E-state index contributed by atoms with van der Waals surface area (Å²) in [7, 11) is 0. The Morgan fingerprint density at radius 3 is 3.00 bits per heavy atom. The molecule has 0 bridgehead atoms. The van der Waals surface area contributed by atoms with E-state index in [-0.39, 0.29) is 5.41 Å². The smallest absolute Gasteiger partial charge is 0.0387 e. The van der Waals surface area contributed by atoms with Crippen LogP contribution in [-0.4, -0.2) is 6.54 Å². The summed E-state index contributed by atoms with van der Waals surface area (Å²) in [5.41, 5.74) is 8.04. The van der Waals surface area contributed by atoms with Crippen LogP contribution in [0.1, 0.15) is 6.42 Å². The number of rotatable bonds is 3. The number of azide groups is 1. The van der Waals surface area contributed by atoms with Crippen LogP contribution in [0.4, 0.5) is 0 Å². The van der Waals surface area contributed by atoms with Gasteiger partial charge in [-0.3, -0.25) is 0 Å². The van der Waals surface area contributed by atoms with Crippen molar-refractivity contribution in [3.63, 3.8) is 0 Å². The number of hydrogen-bond donors (Lipinski definition) is 0. The van der Waals surface area contributed by atoms with Crippen LogP contribution in [0, 0.1) is 5.41 Å². The second kappa shape index (κ2) is 3.79. The van der Waals surface area contributed by atoms with Crippen LogP contribution in [0.5, 0.6) is 0 Å². The molecule has 0 spiro atoms. The van der Waals surface area contributed by atoms with E-state index in [0.717, 1.165) is 6.42 Å². The van der Waals surface area contributed by atoms with Gasteiger partial charge < -0.3 is 0 Å². The Bertz CT molecular complexity index is 271. The molecule has 0 aromatic rings. The van der Waals surface area contributed by atoms with Crippen LogP contribution >= 0.6 is 0 Å². The van der Waals surface area contributed by atoms with Gasteiger partial charge in [-0.25, -0.2) is 0 Å². The van der Waals surface area contributed by atoms with E-state index in [4.69, 9.17) is 5.53 Å². The quantitative estimate of drug-likeness (QED) is 0.264. The molecule has 0 aliphatic heterocycles. The minimum absolute atomic E-state index is 0.152. The van der Waals surface area contributed by atoms with E-state index < -0.39 is 0 Å². The van der Waals surface area contributed by atoms with Gasteiger partial charge in [-0.15, -0.1) is 6.58 Å². The summed E-state index contributed by atoms with van der Waals surface area (Å²) in [6.45, 7) is 4.19. The maximum Gasteiger partial charge on any atom is 0.0387 e. The van der Waals surface area contributed by atoms with E-state index in [1.54, 1.807) is 0 Å². The van der Waals surface area contributed by atoms with Gasteiger partial charge in [-0.05, 0) is 12.0 Å². The zero-order valence-electron chi connectivity index (χ0n) is 6.85. The monoisotopic (exact) mass is 161 g/mol. The summed E-state index contributed by atoms with van der Waals surface area (Å²) in [4.78, 5) is 2.74. The summed E-state index contributed by atoms with van der Waals surface area (Å²) in [5, 5.41) is 3.56. The Kier molecular flexibility index (Phi) is 2.72. The maximum absolute atomic E-state index is 8.19. The Morgan fingerprint density at radius 1 is 1.67 bits per heavy atom. The van der Waals surface area contributed by atoms with Crippen LogP contribution in [0.25, 0.3) is 10.4 Å². The molecule has 3 nitrogen and oxygen atoms in total. The van der Waals surface area contributed by atoms with Gasteiger partial charge in [0.15, 0.2) is 0 Å². The largest absolute Gasteiger partial charge is 0.102 e. The molecule has 1 aliphatic carbocycles. The fraction of sp³-hybridized carbons (Fsp3) is 0.333. The Hall–Kier alpha value is -1.47. The Labute approximate surface area is 71.7 Å². The molecule has 62 valence electrons. The SMILES string of the molecule is C=CC1(CN=[N+]=[N-])C=CC=CC1.